The Kier molecular flexibility index (Phi) is 7.55. The Balaban J connectivity index is 0.00000243. The smallest absolute Gasteiger partial charge is 0.271 e. The Morgan fingerprint density at radius 1 is 1.27 bits per heavy atom. The number of rotatable bonds is 6. The van der Waals surface area contributed by atoms with Gasteiger partial charge in [0, 0.05) is 44.9 Å². The van der Waals surface area contributed by atoms with E-state index in [1.54, 1.807) is 0 Å². The third-order valence-electron chi connectivity index (χ3n) is 4.33. The number of hydrogen-bond donors (Lipinski definition) is 5. The van der Waals surface area contributed by atoms with Crippen LogP contribution in [0.4, 0.5) is 17.1 Å². The van der Waals surface area contributed by atoms with E-state index in [1.165, 1.54) is 12.1 Å². The zero-order chi connectivity index (χ0) is 17.8. The molecule has 1 aromatic rings. The van der Waals surface area contributed by atoms with Gasteiger partial charge in [0.2, 0.25) is 0 Å². The molecule has 3 rings (SSSR count). The molecule has 0 aliphatic carbocycles. The van der Waals surface area contributed by atoms with Crippen LogP contribution in [0.2, 0.25) is 0 Å². The summed E-state index contributed by atoms with van der Waals surface area (Å²) in [5.41, 5.74) is 1.55. The zero-order valence-electron chi connectivity index (χ0n) is 14.2. The van der Waals surface area contributed by atoms with Crippen molar-refractivity contribution in [3.8, 4) is 0 Å². The van der Waals surface area contributed by atoms with Crippen molar-refractivity contribution < 1.29 is 19.9 Å². The number of nitro benzene ring substituents is 1. The lowest BCUT2D eigenvalue weighted by molar-refractivity contribution is -0.384. The van der Waals surface area contributed by atoms with Crippen LogP contribution in [0.25, 0.3) is 0 Å². The Hall–Kier alpha value is -1.50. The van der Waals surface area contributed by atoms with Gasteiger partial charge in [-0.3, -0.25) is 15.0 Å². The summed E-state index contributed by atoms with van der Waals surface area (Å²) >= 11 is 0. The second-order valence-corrected chi connectivity index (χ2v) is 6.09. The van der Waals surface area contributed by atoms with E-state index in [2.05, 4.69) is 20.9 Å². The fourth-order valence-corrected chi connectivity index (χ4v) is 2.96. The number of aliphatic hydroxyl groups excluding tert-OH is 2. The van der Waals surface area contributed by atoms with Crippen LogP contribution < -0.4 is 16.0 Å². The van der Waals surface area contributed by atoms with E-state index >= 15 is 0 Å². The highest BCUT2D eigenvalue weighted by Gasteiger charge is 2.27. The van der Waals surface area contributed by atoms with Crippen LogP contribution in [0.5, 0.6) is 0 Å². The van der Waals surface area contributed by atoms with Gasteiger partial charge in [0.25, 0.3) is 5.69 Å². The number of halogens is 1. The second kappa shape index (κ2) is 9.44. The minimum Gasteiger partial charge on any atom is -0.379 e. The van der Waals surface area contributed by atoms with Crippen molar-refractivity contribution in [3.05, 3.63) is 27.8 Å². The van der Waals surface area contributed by atoms with Crippen LogP contribution in [0.15, 0.2) is 12.1 Å². The number of ether oxygens (including phenoxy) is 1. The average molecular weight is 434 g/mol. The van der Waals surface area contributed by atoms with Gasteiger partial charge in [-0.15, -0.1) is 17.0 Å². The van der Waals surface area contributed by atoms with Crippen molar-refractivity contribution >= 4 is 34.0 Å². The maximum atomic E-state index is 11.1. The van der Waals surface area contributed by atoms with E-state index in [0.29, 0.717) is 23.5 Å². The van der Waals surface area contributed by atoms with Crippen molar-refractivity contribution in [2.24, 2.45) is 0 Å². The highest BCUT2D eigenvalue weighted by atomic mass is 79.9. The van der Waals surface area contributed by atoms with Gasteiger partial charge in [0.05, 0.1) is 29.5 Å². The first-order chi connectivity index (χ1) is 12.0. The maximum Gasteiger partial charge on any atom is 0.271 e. The molecular weight excluding hydrogens is 410 g/mol. The monoisotopic (exact) mass is 433 g/mol. The topological polar surface area (TPSA) is 132 Å². The van der Waals surface area contributed by atoms with Gasteiger partial charge in [-0.2, -0.15) is 0 Å². The zero-order valence-corrected chi connectivity index (χ0v) is 15.9. The van der Waals surface area contributed by atoms with Crippen LogP contribution in [0, 0.1) is 10.1 Å². The lowest BCUT2D eigenvalue weighted by Gasteiger charge is -2.31. The summed E-state index contributed by atoms with van der Waals surface area (Å²) < 4.78 is 5.31. The molecule has 0 radical (unpaired) electrons. The Morgan fingerprint density at radius 2 is 1.96 bits per heavy atom. The fourth-order valence-electron chi connectivity index (χ4n) is 2.96. The lowest BCUT2D eigenvalue weighted by atomic mass is 10.1. The first-order valence-electron chi connectivity index (χ1n) is 8.26. The molecule has 146 valence electrons. The Labute approximate surface area is 161 Å². The fraction of sp³-hybridized carbons (Fsp3) is 0.600. The summed E-state index contributed by atoms with van der Waals surface area (Å²) in [5, 5.41) is 39.3. The highest BCUT2D eigenvalue weighted by Crippen LogP contribution is 2.35. The van der Waals surface area contributed by atoms with E-state index in [0.717, 1.165) is 39.4 Å². The first-order valence-corrected chi connectivity index (χ1v) is 8.26. The number of nitrogens with zero attached hydrogens (tertiary/aromatic N) is 2. The molecule has 0 saturated carbocycles. The van der Waals surface area contributed by atoms with E-state index in [9.17, 15) is 20.3 Å². The second-order valence-electron chi connectivity index (χ2n) is 6.09. The minimum absolute atomic E-state index is 0. The lowest BCUT2D eigenvalue weighted by Crippen LogP contribution is -2.43. The highest BCUT2D eigenvalue weighted by molar-refractivity contribution is 8.93. The standard InChI is InChI=1S/C15H23N5O5.BrH/c21-14-15(22)18-13-10(7-11(20(23)24)8-12(13)17-14)9-16-1-2-19-3-5-25-6-4-19;/h7-8,14-18,21-22H,1-6,9H2;1H. The van der Waals surface area contributed by atoms with Crippen LogP contribution >= 0.6 is 17.0 Å². The van der Waals surface area contributed by atoms with Gasteiger partial charge in [-0.1, -0.05) is 0 Å². The number of non-ortho nitro benzene ring substituents is 1. The average Bonchev–Trinajstić information content (AvgIpc) is 2.60. The van der Waals surface area contributed by atoms with Crippen molar-refractivity contribution in [2.45, 2.75) is 19.0 Å². The van der Waals surface area contributed by atoms with Gasteiger partial charge in [-0.25, -0.2) is 0 Å². The van der Waals surface area contributed by atoms with Gasteiger partial charge in [0.15, 0.2) is 12.5 Å². The molecule has 0 spiro atoms. The van der Waals surface area contributed by atoms with Crippen molar-refractivity contribution in [2.75, 3.05) is 50.0 Å². The molecular formula is C15H24BrN5O5. The molecule has 0 aromatic heterocycles. The van der Waals surface area contributed by atoms with E-state index in [4.69, 9.17) is 4.74 Å². The third kappa shape index (κ3) is 5.02. The summed E-state index contributed by atoms with van der Waals surface area (Å²) in [7, 11) is 0. The SMILES string of the molecule is Br.O=[N+]([O-])c1cc(CNCCN2CCOCC2)c2c(c1)NC(O)C(O)N2. The van der Waals surface area contributed by atoms with Crippen LogP contribution in [0.1, 0.15) is 5.56 Å². The molecule has 10 nitrogen and oxygen atoms in total. The number of hydrogen-bond acceptors (Lipinski definition) is 9. The number of aliphatic hydroxyl groups is 2. The first kappa shape index (κ1) is 20.8. The van der Waals surface area contributed by atoms with Crippen molar-refractivity contribution in [3.63, 3.8) is 0 Å². The molecule has 2 aliphatic heterocycles. The molecule has 1 aromatic carbocycles. The molecule has 0 amide bonds. The Bertz CT molecular complexity index is 629. The predicted octanol–water partition coefficient (Wildman–Crippen LogP) is 0.0687. The van der Waals surface area contributed by atoms with Gasteiger partial charge < -0.3 is 30.9 Å². The summed E-state index contributed by atoms with van der Waals surface area (Å²) in [4.78, 5) is 12.9. The molecule has 2 aliphatic rings. The summed E-state index contributed by atoms with van der Waals surface area (Å²) in [5.74, 6) is 0. The summed E-state index contributed by atoms with van der Waals surface area (Å²) in [6.07, 6.45) is -2.40. The molecule has 1 fully saturated rings. The molecule has 11 heteroatoms. The minimum atomic E-state index is -1.23. The summed E-state index contributed by atoms with van der Waals surface area (Å²) in [6, 6.07) is 2.81. The number of anilines is 2. The van der Waals surface area contributed by atoms with E-state index in [-0.39, 0.29) is 22.7 Å². The quantitative estimate of drug-likeness (QED) is 0.240. The summed E-state index contributed by atoms with van der Waals surface area (Å²) in [6.45, 7) is 5.31. The number of nitro groups is 1. The molecule has 2 atom stereocenters. The van der Waals surface area contributed by atoms with E-state index < -0.39 is 17.4 Å². The number of benzene rings is 1. The molecule has 0 bridgehead atoms. The number of nitrogens with one attached hydrogen (secondary N) is 3. The van der Waals surface area contributed by atoms with Crippen LogP contribution in [0.3, 0.4) is 0 Å². The normalized spacial score (nSPS) is 22.5. The molecule has 2 heterocycles. The molecule has 2 unspecified atom stereocenters. The third-order valence-corrected chi connectivity index (χ3v) is 4.33. The molecule has 1 saturated heterocycles. The van der Waals surface area contributed by atoms with Crippen LogP contribution in [-0.2, 0) is 11.3 Å². The predicted molar refractivity (Wildman–Crippen MR) is 102 cm³/mol. The molecule has 5 N–H and O–H groups in total. The van der Waals surface area contributed by atoms with Gasteiger partial charge in [-0.05, 0) is 5.56 Å². The van der Waals surface area contributed by atoms with Crippen LogP contribution in [-0.4, -0.2) is 71.9 Å². The number of fused-ring (bicyclic) bond motifs is 1. The number of morpholine rings is 1. The Morgan fingerprint density at radius 3 is 2.65 bits per heavy atom. The molecule has 26 heavy (non-hydrogen) atoms. The van der Waals surface area contributed by atoms with Gasteiger partial charge >= 0.3 is 0 Å². The maximum absolute atomic E-state index is 11.1. The van der Waals surface area contributed by atoms with Crippen molar-refractivity contribution in [1.29, 1.82) is 0 Å². The van der Waals surface area contributed by atoms with Crippen molar-refractivity contribution in [1.82, 2.24) is 10.2 Å². The largest absolute Gasteiger partial charge is 0.379 e. The van der Waals surface area contributed by atoms with E-state index in [1.807, 2.05) is 0 Å². The van der Waals surface area contributed by atoms with Gasteiger partial charge in [0.1, 0.15) is 0 Å².